The molecular weight excluding hydrogens is 309 g/mol. The number of alkyl halides is 2. The molecule has 0 spiro atoms. The molecule has 22 heavy (non-hydrogen) atoms. The highest BCUT2D eigenvalue weighted by Crippen LogP contribution is 2.32. The molecule has 1 saturated carbocycles. The molecule has 2 aromatic heterocycles. The van der Waals surface area contributed by atoms with E-state index in [2.05, 4.69) is 9.97 Å². The van der Waals surface area contributed by atoms with E-state index in [0.717, 1.165) is 12.1 Å². The fourth-order valence-electron chi connectivity index (χ4n) is 3.10. The van der Waals surface area contributed by atoms with Crippen LogP contribution in [0, 0.1) is 5.92 Å². The van der Waals surface area contributed by atoms with Gasteiger partial charge in [0.25, 0.3) is 5.91 Å². The topological polar surface area (TPSA) is 78.0 Å². The zero-order valence-corrected chi connectivity index (χ0v) is 12.6. The van der Waals surface area contributed by atoms with Crippen LogP contribution in [0.15, 0.2) is 18.3 Å². The monoisotopic (exact) mass is 325 g/mol. The van der Waals surface area contributed by atoms with Gasteiger partial charge in [-0.15, -0.1) is 11.6 Å². The van der Waals surface area contributed by atoms with Crippen molar-refractivity contribution >= 4 is 28.5 Å². The normalized spacial score (nSPS) is 25.3. The predicted molar refractivity (Wildman–Crippen MR) is 80.9 cm³/mol. The van der Waals surface area contributed by atoms with Crippen molar-refractivity contribution < 1.29 is 14.4 Å². The molecule has 3 atom stereocenters. The van der Waals surface area contributed by atoms with Crippen LogP contribution in [0.1, 0.15) is 35.3 Å². The number of H-pyrrole nitrogens is 1. The molecule has 0 bridgehead atoms. The predicted octanol–water partition coefficient (Wildman–Crippen LogP) is 2.97. The fourth-order valence-corrected chi connectivity index (χ4v) is 3.32. The number of hydrogen-bond donors (Lipinski definition) is 3. The van der Waals surface area contributed by atoms with E-state index in [-0.39, 0.29) is 11.3 Å². The summed E-state index contributed by atoms with van der Waals surface area (Å²) in [6.45, 7) is 0. The molecule has 3 rings (SSSR count). The molecule has 1 fully saturated rings. The van der Waals surface area contributed by atoms with Gasteiger partial charge in [0.05, 0.1) is 22.0 Å². The third kappa shape index (κ3) is 2.94. The van der Waals surface area contributed by atoms with Crippen LogP contribution in [0.3, 0.4) is 0 Å². The lowest BCUT2D eigenvalue weighted by Gasteiger charge is -2.27. The second kappa shape index (κ2) is 6.22. The summed E-state index contributed by atoms with van der Waals surface area (Å²) in [7, 11) is 0. The number of amides is 1. The Balaban J connectivity index is 1.82. The van der Waals surface area contributed by atoms with Crippen LogP contribution in [0.5, 0.6) is 0 Å². The lowest BCUT2D eigenvalue weighted by Crippen LogP contribution is -2.27. The zero-order chi connectivity index (χ0) is 15.7. The van der Waals surface area contributed by atoms with Crippen LogP contribution < -0.4 is 5.48 Å². The number of hydroxylamine groups is 1. The van der Waals surface area contributed by atoms with Crippen molar-refractivity contribution in [2.75, 3.05) is 0 Å². The molecule has 1 aliphatic rings. The maximum atomic E-state index is 13.7. The maximum Gasteiger partial charge on any atom is 0.276 e. The number of carbonyl (C=O) groups is 1. The number of rotatable bonds is 3. The Morgan fingerprint density at radius 1 is 1.55 bits per heavy atom. The molecule has 0 radical (unpaired) electrons. The third-order valence-corrected chi connectivity index (χ3v) is 4.72. The minimum Gasteiger partial charge on any atom is -0.356 e. The summed E-state index contributed by atoms with van der Waals surface area (Å²) in [6.07, 6.45) is 3.28. The first kappa shape index (κ1) is 15.2. The smallest absolute Gasteiger partial charge is 0.276 e. The van der Waals surface area contributed by atoms with Crippen molar-refractivity contribution in [3.63, 3.8) is 0 Å². The van der Waals surface area contributed by atoms with Crippen LogP contribution in [-0.2, 0) is 6.42 Å². The maximum absolute atomic E-state index is 13.7. The summed E-state index contributed by atoms with van der Waals surface area (Å²) < 4.78 is 13.7. The van der Waals surface area contributed by atoms with E-state index in [0.29, 0.717) is 35.9 Å². The van der Waals surface area contributed by atoms with Gasteiger partial charge in [-0.2, -0.15) is 0 Å². The van der Waals surface area contributed by atoms with E-state index in [9.17, 15) is 9.18 Å². The summed E-state index contributed by atoms with van der Waals surface area (Å²) in [6, 6.07) is 3.40. The summed E-state index contributed by atoms with van der Waals surface area (Å²) in [4.78, 5) is 19.0. The van der Waals surface area contributed by atoms with Crippen molar-refractivity contribution in [3.05, 3.63) is 29.6 Å². The van der Waals surface area contributed by atoms with Crippen LogP contribution in [-0.4, -0.2) is 32.6 Å². The number of aromatic nitrogens is 2. The third-order valence-electron chi connectivity index (χ3n) is 4.23. The molecule has 5 nitrogen and oxygen atoms in total. The fraction of sp³-hybridized carbons (Fsp3) is 0.467. The average Bonchev–Trinajstić information content (AvgIpc) is 2.92. The lowest BCUT2D eigenvalue weighted by molar-refractivity contribution is 0.0708. The van der Waals surface area contributed by atoms with E-state index in [1.54, 1.807) is 5.48 Å². The number of pyridine rings is 1. The number of hydrogen-bond acceptors (Lipinski definition) is 3. The standard InChI is InChI=1S/C15H17ClFN3O2/c16-11-2-1-8(6-12(11)17)5-9-7-13-14(19-9)10(3-4-18-13)15(21)20-22/h3-4,7-8,11-12,19,22H,1-2,5-6H2,(H,20,21). The molecule has 0 aromatic carbocycles. The van der Waals surface area contributed by atoms with Crippen molar-refractivity contribution in [3.8, 4) is 0 Å². The van der Waals surface area contributed by atoms with Gasteiger partial charge in [0.1, 0.15) is 6.17 Å². The van der Waals surface area contributed by atoms with Crippen molar-refractivity contribution in [2.45, 2.75) is 37.2 Å². The molecule has 2 aromatic rings. The van der Waals surface area contributed by atoms with Gasteiger partial charge < -0.3 is 4.98 Å². The zero-order valence-electron chi connectivity index (χ0n) is 11.9. The summed E-state index contributed by atoms with van der Waals surface area (Å²) in [5, 5.41) is 8.41. The minimum atomic E-state index is -0.960. The van der Waals surface area contributed by atoms with Gasteiger partial charge in [-0.25, -0.2) is 9.87 Å². The molecule has 118 valence electrons. The van der Waals surface area contributed by atoms with Gasteiger partial charge in [-0.3, -0.25) is 15.0 Å². The summed E-state index contributed by atoms with van der Waals surface area (Å²) in [5.41, 5.74) is 4.09. The second-order valence-electron chi connectivity index (χ2n) is 5.77. The largest absolute Gasteiger partial charge is 0.356 e. The van der Waals surface area contributed by atoms with E-state index in [1.807, 2.05) is 6.07 Å². The summed E-state index contributed by atoms with van der Waals surface area (Å²) >= 11 is 5.91. The lowest BCUT2D eigenvalue weighted by atomic mass is 9.85. The number of halogens is 2. The second-order valence-corrected chi connectivity index (χ2v) is 6.33. The van der Waals surface area contributed by atoms with Crippen LogP contribution in [0.4, 0.5) is 4.39 Å². The Bertz CT molecular complexity index is 690. The van der Waals surface area contributed by atoms with E-state index < -0.39 is 12.1 Å². The highest BCUT2D eigenvalue weighted by Gasteiger charge is 2.29. The van der Waals surface area contributed by atoms with Crippen molar-refractivity contribution in [1.29, 1.82) is 0 Å². The summed E-state index contributed by atoms with van der Waals surface area (Å²) in [5.74, 6) is -0.361. The Morgan fingerprint density at radius 2 is 2.36 bits per heavy atom. The first-order valence-corrected chi connectivity index (χ1v) is 7.71. The molecule has 3 unspecified atom stereocenters. The number of carbonyl (C=O) groups excluding carboxylic acids is 1. The molecule has 0 aliphatic heterocycles. The Morgan fingerprint density at radius 3 is 3.09 bits per heavy atom. The molecular formula is C15H17ClFN3O2. The minimum absolute atomic E-state index is 0.230. The van der Waals surface area contributed by atoms with Gasteiger partial charge in [0.2, 0.25) is 0 Å². The molecule has 7 heteroatoms. The highest BCUT2D eigenvalue weighted by molar-refractivity contribution is 6.21. The molecule has 1 aliphatic carbocycles. The van der Waals surface area contributed by atoms with E-state index >= 15 is 0 Å². The van der Waals surface area contributed by atoms with Crippen LogP contribution >= 0.6 is 11.6 Å². The first-order valence-electron chi connectivity index (χ1n) is 7.27. The van der Waals surface area contributed by atoms with Gasteiger partial charge in [-0.05, 0) is 43.7 Å². The molecule has 3 N–H and O–H groups in total. The Hall–Kier alpha value is -1.66. The molecule has 0 saturated heterocycles. The van der Waals surface area contributed by atoms with Crippen LogP contribution in [0.2, 0.25) is 0 Å². The number of aromatic amines is 1. The van der Waals surface area contributed by atoms with Gasteiger partial charge in [0.15, 0.2) is 0 Å². The number of nitrogens with one attached hydrogen (secondary N) is 2. The number of nitrogens with zero attached hydrogens (tertiary/aromatic N) is 1. The van der Waals surface area contributed by atoms with Crippen molar-refractivity contribution in [1.82, 2.24) is 15.4 Å². The van der Waals surface area contributed by atoms with Gasteiger partial charge >= 0.3 is 0 Å². The van der Waals surface area contributed by atoms with Crippen molar-refractivity contribution in [2.24, 2.45) is 5.92 Å². The number of fused-ring (bicyclic) bond motifs is 1. The highest BCUT2D eigenvalue weighted by atomic mass is 35.5. The Kier molecular flexibility index (Phi) is 4.31. The average molecular weight is 326 g/mol. The van der Waals surface area contributed by atoms with E-state index in [1.165, 1.54) is 12.3 Å². The van der Waals surface area contributed by atoms with Crippen LogP contribution in [0.25, 0.3) is 11.0 Å². The van der Waals surface area contributed by atoms with Gasteiger partial charge in [-0.1, -0.05) is 0 Å². The first-order chi connectivity index (χ1) is 10.6. The Labute approximate surface area is 131 Å². The quantitative estimate of drug-likeness (QED) is 0.461. The SMILES string of the molecule is O=C(NO)c1ccnc2cc(CC3CCC(Cl)C(F)C3)[nH]c12. The van der Waals surface area contributed by atoms with E-state index in [4.69, 9.17) is 16.8 Å². The molecule has 1 amide bonds. The van der Waals surface area contributed by atoms with Gasteiger partial charge in [0, 0.05) is 11.9 Å². The molecule has 2 heterocycles.